The van der Waals surface area contributed by atoms with E-state index in [-0.39, 0.29) is 0 Å². The maximum atomic E-state index is 12.7. The molecule has 0 N–H and O–H groups in total. The van der Waals surface area contributed by atoms with Crippen molar-refractivity contribution in [3.63, 3.8) is 0 Å². The minimum absolute atomic E-state index is 0.427. The van der Waals surface area contributed by atoms with Crippen LogP contribution in [0.3, 0.4) is 0 Å². The first-order valence-electron chi connectivity index (χ1n) is 10.2. The highest BCUT2D eigenvalue weighted by Crippen LogP contribution is 2.37. The van der Waals surface area contributed by atoms with Gasteiger partial charge in [-0.25, -0.2) is 4.79 Å². The standard InChI is InChI=1S/C23H27BN2O5/c1-22(2)23(3,4)31-24(30-22)17-11-16-13-25-26(20(16)19(12-17)21(27)29-6)14-15-7-9-18(28-5)10-8-15/h7-13H,14H2,1-6H3. The molecule has 2 heterocycles. The van der Waals surface area contributed by atoms with Gasteiger partial charge in [0.25, 0.3) is 0 Å². The number of hydrogen-bond acceptors (Lipinski definition) is 6. The van der Waals surface area contributed by atoms with Crippen LogP contribution in [0.15, 0.2) is 42.6 Å². The highest BCUT2D eigenvalue weighted by molar-refractivity contribution is 6.62. The SMILES string of the molecule is COC(=O)c1cc(B2OC(C)(C)C(C)(C)O2)cc2cnn(Cc3ccc(OC)cc3)c12. The molecule has 1 aliphatic rings. The molecule has 31 heavy (non-hydrogen) atoms. The number of aromatic nitrogens is 2. The highest BCUT2D eigenvalue weighted by atomic mass is 16.7. The summed E-state index contributed by atoms with van der Waals surface area (Å²) in [7, 11) is 2.43. The zero-order valence-electron chi connectivity index (χ0n) is 18.8. The molecule has 0 aliphatic carbocycles. The lowest BCUT2D eigenvalue weighted by molar-refractivity contribution is 0.00578. The van der Waals surface area contributed by atoms with Gasteiger partial charge < -0.3 is 18.8 Å². The number of carbonyl (C=O) groups is 1. The number of fused-ring (bicyclic) bond motifs is 1. The number of rotatable bonds is 5. The van der Waals surface area contributed by atoms with E-state index < -0.39 is 24.3 Å². The zero-order chi connectivity index (χ0) is 22.4. The fraction of sp³-hybridized carbons (Fsp3) is 0.391. The normalized spacial score (nSPS) is 17.2. The Morgan fingerprint density at radius 1 is 1.06 bits per heavy atom. The number of methoxy groups -OCH3 is 2. The Morgan fingerprint density at radius 2 is 1.71 bits per heavy atom. The van der Waals surface area contributed by atoms with E-state index in [4.69, 9.17) is 18.8 Å². The lowest BCUT2D eigenvalue weighted by Gasteiger charge is -2.32. The van der Waals surface area contributed by atoms with Crippen molar-refractivity contribution in [1.29, 1.82) is 0 Å². The van der Waals surface area contributed by atoms with Gasteiger partial charge >= 0.3 is 13.1 Å². The number of hydrogen-bond donors (Lipinski definition) is 0. The van der Waals surface area contributed by atoms with Gasteiger partial charge in [0.05, 0.1) is 49.2 Å². The summed E-state index contributed by atoms with van der Waals surface area (Å²) in [5.41, 5.74) is 1.98. The van der Waals surface area contributed by atoms with E-state index in [1.54, 1.807) is 24.1 Å². The van der Waals surface area contributed by atoms with Crippen molar-refractivity contribution in [3.8, 4) is 5.75 Å². The van der Waals surface area contributed by atoms with Gasteiger partial charge in [-0.05, 0) is 56.9 Å². The van der Waals surface area contributed by atoms with E-state index in [1.165, 1.54) is 7.11 Å². The summed E-state index contributed by atoms with van der Waals surface area (Å²) < 4.78 is 24.5. The predicted molar refractivity (Wildman–Crippen MR) is 119 cm³/mol. The molecule has 0 bridgehead atoms. The number of carbonyl (C=O) groups excluding carboxylic acids is 1. The average molecular weight is 422 g/mol. The summed E-state index contributed by atoms with van der Waals surface area (Å²) in [6.45, 7) is 8.51. The van der Waals surface area contributed by atoms with Crippen LogP contribution in [0.25, 0.3) is 10.9 Å². The Bertz CT molecular complexity index is 1100. The van der Waals surface area contributed by atoms with Crippen LogP contribution >= 0.6 is 0 Å². The smallest absolute Gasteiger partial charge is 0.494 e. The van der Waals surface area contributed by atoms with Crippen molar-refractivity contribution in [3.05, 3.63) is 53.7 Å². The van der Waals surface area contributed by atoms with E-state index in [2.05, 4.69) is 5.10 Å². The molecule has 0 spiro atoms. The van der Waals surface area contributed by atoms with Crippen molar-refractivity contribution >= 4 is 29.5 Å². The Hall–Kier alpha value is -2.84. The second kappa shape index (κ2) is 7.69. The number of ether oxygens (including phenoxy) is 2. The largest absolute Gasteiger partial charge is 0.497 e. The van der Waals surface area contributed by atoms with E-state index >= 15 is 0 Å². The van der Waals surface area contributed by atoms with Gasteiger partial charge in [-0.2, -0.15) is 5.10 Å². The first kappa shape index (κ1) is 21.4. The Labute approximate surface area is 182 Å². The topological polar surface area (TPSA) is 71.8 Å². The molecule has 8 heteroatoms. The molecular weight excluding hydrogens is 395 g/mol. The van der Waals surface area contributed by atoms with Gasteiger partial charge in [-0.15, -0.1) is 0 Å². The van der Waals surface area contributed by atoms with Gasteiger partial charge in [0, 0.05) is 5.39 Å². The molecule has 0 unspecified atom stereocenters. The van der Waals surface area contributed by atoms with Crippen LogP contribution < -0.4 is 10.2 Å². The molecule has 0 saturated carbocycles. The van der Waals surface area contributed by atoms with Crippen LogP contribution in [-0.4, -0.2) is 48.3 Å². The monoisotopic (exact) mass is 422 g/mol. The first-order valence-corrected chi connectivity index (χ1v) is 10.2. The molecule has 0 atom stereocenters. The van der Waals surface area contributed by atoms with Crippen LogP contribution in [0.4, 0.5) is 0 Å². The van der Waals surface area contributed by atoms with Crippen LogP contribution in [0.2, 0.25) is 0 Å². The third kappa shape index (κ3) is 3.81. The molecule has 1 saturated heterocycles. The molecule has 3 aromatic rings. The highest BCUT2D eigenvalue weighted by Gasteiger charge is 2.52. The minimum atomic E-state index is -0.581. The fourth-order valence-corrected chi connectivity index (χ4v) is 3.66. The van der Waals surface area contributed by atoms with E-state index in [9.17, 15) is 4.79 Å². The number of benzene rings is 2. The van der Waals surface area contributed by atoms with Gasteiger partial charge in [-0.3, -0.25) is 4.68 Å². The van der Waals surface area contributed by atoms with Gasteiger partial charge in [0.2, 0.25) is 0 Å². The average Bonchev–Trinajstić information content (AvgIpc) is 3.24. The van der Waals surface area contributed by atoms with Crippen LogP contribution in [0.1, 0.15) is 43.6 Å². The van der Waals surface area contributed by atoms with Crippen LogP contribution in [-0.2, 0) is 20.6 Å². The number of esters is 1. The van der Waals surface area contributed by atoms with Crippen molar-refractivity contribution in [2.45, 2.75) is 45.4 Å². The minimum Gasteiger partial charge on any atom is -0.497 e. The molecule has 4 rings (SSSR count). The summed E-state index contributed by atoms with van der Waals surface area (Å²) >= 11 is 0. The summed E-state index contributed by atoms with van der Waals surface area (Å²) in [5.74, 6) is 0.358. The van der Waals surface area contributed by atoms with Crippen LogP contribution in [0, 0.1) is 0 Å². The molecule has 2 aromatic carbocycles. The van der Waals surface area contributed by atoms with Crippen molar-refractivity contribution in [1.82, 2.24) is 9.78 Å². The third-order valence-electron chi connectivity index (χ3n) is 6.18. The van der Waals surface area contributed by atoms with Crippen molar-refractivity contribution in [2.24, 2.45) is 0 Å². The van der Waals surface area contributed by atoms with E-state index in [1.807, 2.05) is 58.0 Å². The summed E-state index contributed by atoms with van der Waals surface area (Å²) in [5, 5.41) is 5.35. The Kier molecular flexibility index (Phi) is 5.31. The van der Waals surface area contributed by atoms with Crippen molar-refractivity contribution in [2.75, 3.05) is 14.2 Å². The summed E-state index contributed by atoms with van der Waals surface area (Å²) in [4.78, 5) is 12.7. The molecule has 1 aromatic heterocycles. The second-order valence-electron chi connectivity index (χ2n) is 8.74. The van der Waals surface area contributed by atoms with E-state index in [0.717, 1.165) is 22.2 Å². The fourth-order valence-electron chi connectivity index (χ4n) is 3.66. The van der Waals surface area contributed by atoms with Gasteiger partial charge in [0.1, 0.15) is 5.75 Å². The molecule has 162 valence electrons. The predicted octanol–water partition coefficient (Wildman–Crippen LogP) is 3.18. The molecule has 0 radical (unpaired) electrons. The molecule has 1 fully saturated rings. The molecular formula is C23H27BN2O5. The second-order valence-corrected chi connectivity index (χ2v) is 8.74. The number of nitrogens with zero attached hydrogens (tertiary/aromatic N) is 2. The summed E-state index contributed by atoms with van der Waals surface area (Å²) in [6.07, 6.45) is 1.75. The summed E-state index contributed by atoms with van der Waals surface area (Å²) in [6, 6.07) is 11.5. The Morgan fingerprint density at radius 3 is 2.29 bits per heavy atom. The van der Waals surface area contributed by atoms with Crippen molar-refractivity contribution < 1.29 is 23.6 Å². The lowest BCUT2D eigenvalue weighted by Crippen LogP contribution is -2.41. The maximum absolute atomic E-state index is 12.7. The van der Waals surface area contributed by atoms with Gasteiger partial charge in [-0.1, -0.05) is 18.2 Å². The first-order chi connectivity index (χ1) is 14.6. The van der Waals surface area contributed by atoms with E-state index in [0.29, 0.717) is 17.6 Å². The Balaban J connectivity index is 1.75. The zero-order valence-corrected chi connectivity index (χ0v) is 18.8. The third-order valence-corrected chi connectivity index (χ3v) is 6.18. The maximum Gasteiger partial charge on any atom is 0.494 e. The molecule has 1 aliphatic heterocycles. The molecule has 7 nitrogen and oxygen atoms in total. The van der Waals surface area contributed by atoms with Gasteiger partial charge in [0.15, 0.2) is 0 Å². The van der Waals surface area contributed by atoms with Crippen LogP contribution in [0.5, 0.6) is 5.75 Å². The lowest BCUT2D eigenvalue weighted by atomic mass is 9.77. The quantitative estimate of drug-likeness (QED) is 0.465. The molecule has 0 amide bonds.